The lowest BCUT2D eigenvalue weighted by atomic mass is 9.71. The monoisotopic (exact) mass is 377 g/mol. The molecular weight excluding hydrogens is 334 g/mol. The van der Waals surface area contributed by atoms with E-state index >= 15 is 0 Å². The SMILES string of the molecule is CCCCCC[C@]1(C#N)CC[C@H](OCO[C@H]2CC[C@H](CCCC)CC2)CC1. The summed E-state index contributed by atoms with van der Waals surface area (Å²) in [6.07, 6.45) is 20.0. The molecule has 2 saturated carbocycles. The van der Waals surface area contributed by atoms with Crippen molar-refractivity contribution in [3.63, 3.8) is 0 Å². The largest absolute Gasteiger partial charge is 0.352 e. The van der Waals surface area contributed by atoms with Gasteiger partial charge in [0.15, 0.2) is 0 Å². The van der Waals surface area contributed by atoms with Gasteiger partial charge in [-0.15, -0.1) is 0 Å². The van der Waals surface area contributed by atoms with E-state index in [1.54, 1.807) is 0 Å². The highest BCUT2D eigenvalue weighted by atomic mass is 16.7. The quantitative estimate of drug-likeness (QED) is 0.268. The Kier molecular flexibility index (Phi) is 10.7. The molecule has 0 aromatic rings. The highest BCUT2D eigenvalue weighted by Crippen LogP contribution is 2.41. The number of hydrogen-bond acceptors (Lipinski definition) is 3. The molecule has 0 radical (unpaired) electrons. The zero-order chi connectivity index (χ0) is 19.4. The standard InChI is InChI=1S/C24H43NO2/c1-3-5-7-8-16-24(19-25)17-14-23(15-18-24)27-20-26-22-12-10-21(11-13-22)9-6-4-2/h21-23H,3-18,20H2,1-2H3/t21-,22-,23-,24-. The third kappa shape index (κ3) is 8.12. The fourth-order valence-corrected chi connectivity index (χ4v) is 4.93. The van der Waals surface area contributed by atoms with E-state index in [0.717, 1.165) is 38.0 Å². The highest BCUT2D eigenvalue weighted by Gasteiger charge is 2.35. The Morgan fingerprint density at radius 1 is 0.815 bits per heavy atom. The maximum Gasteiger partial charge on any atom is 0.147 e. The first kappa shape index (κ1) is 22.7. The van der Waals surface area contributed by atoms with Gasteiger partial charge in [-0.3, -0.25) is 0 Å². The van der Waals surface area contributed by atoms with Crippen molar-refractivity contribution in [1.29, 1.82) is 5.26 Å². The number of nitrogens with zero attached hydrogens (tertiary/aromatic N) is 1. The van der Waals surface area contributed by atoms with Crippen molar-refractivity contribution < 1.29 is 9.47 Å². The van der Waals surface area contributed by atoms with Gasteiger partial charge in [0.2, 0.25) is 0 Å². The number of hydrogen-bond donors (Lipinski definition) is 0. The van der Waals surface area contributed by atoms with Crippen molar-refractivity contribution in [2.24, 2.45) is 11.3 Å². The van der Waals surface area contributed by atoms with E-state index in [9.17, 15) is 5.26 Å². The summed E-state index contributed by atoms with van der Waals surface area (Å²) in [5.41, 5.74) is -0.0780. The van der Waals surface area contributed by atoms with Crippen LogP contribution in [0.15, 0.2) is 0 Å². The zero-order valence-corrected chi connectivity index (χ0v) is 18.0. The van der Waals surface area contributed by atoms with Crippen LogP contribution in [0, 0.1) is 22.7 Å². The molecule has 2 rings (SSSR count). The molecule has 2 fully saturated rings. The molecule has 0 bridgehead atoms. The predicted octanol–water partition coefficient (Wildman–Crippen LogP) is 7.15. The molecule has 3 heteroatoms. The van der Waals surface area contributed by atoms with E-state index in [1.807, 2.05) is 0 Å². The molecule has 0 aromatic carbocycles. The number of rotatable bonds is 12. The maximum atomic E-state index is 9.69. The summed E-state index contributed by atoms with van der Waals surface area (Å²) in [6, 6.07) is 2.65. The molecule has 156 valence electrons. The van der Waals surface area contributed by atoms with Gasteiger partial charge in [-0.25, -0.2) is 0 Å². The summed E-state index contributed by atoms with van der Waals surface area (Å²) in [6.45, 7) is 4.97. The summed E-state index contributed by atoms with van der Waals surface area (Å²) in [7, 11) is 0. The van der Waals surface area contributed by atoms with E-state index in [-0.39, 0.29) is 5.41 Å². The number of unbranched alkanes of at least 4 members (excludes halogenated alkanes) is 4. The molecule has 0 spiro atoms. The van der Waals surface area contributed by atoms with Crippen LogP contribution >= 0.6 is 0 Å². The van der Waals surface area contributed by atoms with E-state index in [1.165, 1.54) is 70.6 Å². The fraction of sp³-hybridized carbons (Fsp3) is 0.958. The second-order valence-corrected chi connectivity index (χ2v) is 9.14. The van der Waals surface area contributed by atoms with Gasteiger partial charge in [-0.1, -0.05) is 58.8 Å². The van der Waals surface area contributed by atoms with Gasteiger partial charge in [0.05, 0.1) is 23.7 Å². The number of nitriles is 1. The Hall–Kier alpha value is -0.590. The maximum absolute atomic E-state index is 9.69. The van der Waals surface area contributed by atoms with Gasteiger partial charge in [-0.05, 0) is 63.7 Å². The van der Waals surface area contributed by atoms with Crippen LogP contribution < -0.4 is 0 Å². The van der Waals surface area contributed by atoms with Crippen molar-refractivity contribution in [2.45, 2.75) is 129 Å². The highest BCUT2D eigenvalue weighted by molar-refractivity contribution is 5.01. The third-order valence-corrected chi connectivity index (χ3v) is 7.00. The smallest absolute Gasteiger partial charge is 0.147 e. The molecule has 0 aromatic heterocycles. The van der Waals surface area contributed by atoms with E-state index in [2.05, 4.69) is 19.9 Å². The summed E-state index contributed by atoms with van der Waals surface area (Å²) in [5, 5.41) is 9.69. The lowest BCUT2D eigenvalue weighted by molar-refractivity contribution is -0.137. The Balaban J connectivity index is 1.56. The minimum Gasteiger partial charge on any atom is -0.352 e. The Labute approximate surface area is 168 Å². The van der Waals surface area contributed by atoms with E-state index < -0.39 is 0 Å². The van der Waals surface area contributed by atoms with Crippen LogP contribution in [-0.4, -0.2) is 19.0 Å². The molecule has 2 aliphatic carbocycles. The van der Waals surface area contributed by atoms with Crippen molar-refractivity contribution >= 4 is 0 Å². The molecule has 0 unspecified atom stereocenters. The van der Waals surface area contributed by atoms with Gasteiger partial charge in [0.25, 0.3) is 0 Å². The molecule has 0 saturated heterocycles. The van der Waals surface area contributed by atoms with Crippen molar-refractivity contribution in [2.75, 3.05) is 6.79 Å². The molecule has 2 aliphatic rings. The van der Waals surface area contributed by atoms with Crippen molar-refractivity contribution in [3.05, 3.63) is 0 Å². The van der Waals surface area contributed by atoms with E-state index in [4.69, 9.17) is 9.47 Å². The molecule has 0 aliphatic heterocycles. The first-order valence-electron chi connectivity index (χ1n) is 11.9. The van der Waals surface area contributed by atoms with Crippen LogP contribution in [-0.2, 0) is 9.47 Å². The van der Waals surface area contributed by atoms with Crippen LogP contribution in [0.5, 0.6) is 0 Å². The van der Waals surface area contributed by atoms with Crippen molar-refractivity contribution in [3.8, 4) is 6.07 Å². The third-order valence-electron chi connectivity index (χ3n) is 7.00. The first-order chi connectivity index (χ1) is 13.2. The molecule has 27 heavy (non-hydrogen) atoms. The normalized spacial score (nSPS) is 31.5. The van der Waals surface area contributed by atoms with E-state index in [0.29, 0.717) is 19.0 Å². The molecule has 0 N–H and O–H groups in total. The Bertz CT molecular complexity index is 415. The first-order valence-corrected chi connectivity index (χ1v) is 11.9. The van der Waals surface area contributed by atoms with Crippen LogP contribution in [0.1, 0.15) is 117 Å². The fourth-order valence-electron chi connectivity index (χ4n) is 4.93. The lowest BCUT2D eigenvalue weighted by Gasteiger charge is -2.35. The Morgan fingerprint density at radius 2 is 1.44 bits per heavy atom. The number of ether oxygens (including phenoxy) is 2. The zero-order valence-electron chi connectivity index (χ0n) is 18.0. The van der Waals surface area contributed by atoms with Crippen LogP contribution in [0.4, 0.5) is 0 Å². The second kappa shape index (κ2) is 12.8. The minimum atomic E-state index is -0.0780. The summed E-state index contributed by atoms with van der Waals surface area (Å²) >= 11 is 0. The minimum absolute atomic E-state index is 0.0780. The summed E-state index contributed by atoms with van der Waals surface area (Å²) in [5.74, 6) is 0.931. The average molecular weight is 378 g/mol. The second-order valence-electron chi connectivity index (χ2n) is 9.14. The molecule has 0 heterocycles. The van der Waals surface area contributed by atoms with Gasteiger partial charge in [0.1, 0.15) is 6.79 Å². The molecule has 3 nitrogen and oxygen atoms in total. The van der Waals surface area contributed by atoms with Crippen LogP contribution in [0.2, 0.25) is 0 Å². The van der Waals surface area contributed by atoms with Crippen LogP contribution in [0.3, 0.4) is 0 Å². The average Bonchev–Trinajstić information content (AvgIpc) is 2.72. The lowest BCUT2D eigenvalue weighted by Crippen LogP contribution is -2.31. The topological polar surface area (TPSA) is 42.2 Å². The molecular formula is C24H43NO2. The predicted molar refractivity (Wildman–Crippen MR) is 111 cm³/mol. The van der Waals surface area contributed by atoms with Gasteiger partial charge in [-0.2, -0.15) is 5.26 Å². The Morgan fingerprint density at radius 3 is 2.04 bits per heavy atom. The molecule has 0 atom stereocenters. The van der Waals surface area contributed by atoms with Gasteiger partial charge >= 0.3 is 0 Å². The van der Waals surface area contributed by atoms with Crippen molar-refractivity contribution in [1.82, 2.24) is 0 Å². The summed E-state index contributed by atoms with van der Waals surface area (Å²) in [4.78, 5) is 0. The molecule has 0 amide bonds. The van der Waals surface area contributed by atoms with Gasteiger partial charge in [0, 0.05) is 0 Å². The summed E-state index contributed by atoms with van der Waals surface area (Å²) < 4.78 is 12.0. The van der Waals surface area contributed by atoms with Crippen LogP contribution in [0.25, 0.3) is 0 Å². The van der Waals surface area contributed by atoms with Gasteiger partial charge < -0.3 is 9.47 Å².